The van der Waals surface area contributed by atoms with Gasteiger partial charge in [0.25, 0.3) is 0 Å². The van der Waals surface area contributed by atoms with Gasteiger partial charge in [0.1, 0.15) is 5.01 Å². The molecule has 17 heavy (non-hydrogen) atoms. The first kappa shape index (κ1) is 12.7. The normalized spacial score (nSPS) is 17.5. The van der Waals surface area contributed by atoms with Crippen LogP contribution in [0.1, 0.15) is 15.6 Å². The van der Waals surface area contributed by atoms with E-state index in [1.165, 1.54) is 4.88 Å². The quantitative estimate of drug-likeness (QED) is 0.655. The van der Waals surface area contributed by atoms with Crippen LogP contribution in [0.4, 0.5) is 0 Å². The first-order valence-corrected chi connectivity index (χ1v) is 7.69. The zero-order chi connectivity index (χ0) is 12.3. The minimum atomic E-state index is 0.606. The largest absolute Gasteiger partial charge is 0.370 e. The highest BCUT2D eigenvalue weighted by molar-refractivity contribution is 7.99. The molecule has 94 valence electrons. The van der Waals surface area contributed by atoms with Crippen LogP contribution in [-0.2, 0) is 6.54 Å². The van der Waals surface area contributed by atoms with Gasteiger partial charge in [-0.2, -0.15) is 11.8 Å². The number of thioether (sulfide) groups is 1. The van der Waals surface area contributed by atoms with Crippen molar-refractivity contribution in [3.63, 3.8) is 0 Å². The van der Waals surface area contributed by atoms with Crippen molar-refractivity contribution in [1.29, 1.82) is 0 Å². The first-order valence-electron chi connectivity index (χ1n) is 5.72. The van der Waals surface area contributed by atoms with E-state index in [2.05, 4.69) is 21.8 Å². The topological polar surface area (TPSA) is 54.5 Å². The third-order valence-electron chi connectivity index (χ3n) is 2.78. The summed E-state index contributed by atoms with van der Waals surface area (Å²) in [7, 11) is 0. The highest BCUT2D eigenvalue weighted by atomic mass is 32.2. The fourth-order valence-corrected chi connectivity index (χ4v) is 3.41. The van der Waals surface area contributed by atoms with Crippen molar-refractivity contribution in [2.45, 2.75) is 20.4 Å². The maximum atomic E-state index is 5.98. The summed E-state index contributed by atoms with van der Waals surface area (Å²) in [6, 6.07) is 0. The van der Waals surface area contributed by atoms with E-state index in [-0.39, 0.29) is 0 Å². The van der Waals surface area contributed by atoms with Crippen LogP contribution in [0.15, 0.2) is 4.99 Å². The predicted molar refractivity (Wildman–Crippen MR) is 75.8 cm³/mol. The Morgan fingerprint density at radius 2 is 2.12 bits per heavy atom. The number of aromatic nitrogens is 1. The van der Waals surface area contributed by atoms with E-state index in [1.807, 2.05) is 18.7 Å². The van der Waals surface area contributed by atoms with Crippen molar-refractivity contribution < 1.29 is 0 Å². The standard InChI is InChI=1S/C11H18N4S2/c1-8-9(2)17-10(14-8)7-13-11(12)15-3-5-16-6-4-15/h3-7H2,1-2H3,(H2,12,13). The minimum Gasteiger partial charge on any atom is -0.370 e. The number of aryl methyl sites for hydroxylation is 2. The fourth-order valence-electron chi connectivity index (χ4n) is 1.65. The highest BCUT2D eigenvalue weighted by Crippen LogP contribution is 2.17. The summed E-state index contributed by atoms with van der Waals surface area (Å²) < 4.78 is 0. The van der Waals surface area contributed by atoms with Crippen LogP contribution < -0.4 is 5.73 Å². The van der Waals surface area contributed by atoms with Gasteiger partial charge in [-0.3, -0.25) is 0 Å². The van der Waals surface area contributed by atoms with Crippen LogP contribution in [0.25, 0.3) is 0 Å². The fraction of sp³-hybridized carbons (Fsp3) is 0.636. The average molecular weight is 270 g/mol. The summed E-state index contributed by atoms with van der Waals surface area (Å²) in [4.78, 5) is 12.3. The van der Waals surface area contributed by atoms with Gasteiger partial charge in [-0.1, -0.05) is 0 Å². The Kier molecular flexibility index (Phi) is 4.28. The summed E-state index contributed by atoms with van der Waals surface area (Å²) in [6.07, 6.45) is 0. The molecule has 6 heteroatoms. The van der Waals surface area contributed by atoms with Gasteiger partial charge in [0.2, 0.25) is 0 Å². The molecule has 0 unspecified atom stereocenters. The van der Waals surface area contributed by atoms with Crippen molar-refractivity contribution in [1.82, 2.24) is 9.88 Å². The molecule has 0 spiro atoms. The smallest absolute Gasteiger partial charge is 0.191 e. The molecule has 1 saturated heterocycles. The number of guanidine groups is 1. The maximum Gasteiger partial charge on any atom is 0.191 e. The number of hydrogen-bond donors (Lipinski definition) is 1. The van der Waals surface area contributed by atoms with Crippen LogP contribution >= 0.6 is 23.1 Å². The average Bonchev–Trinajstić information content (AvgIpc) is 2.67. The SMILES string of the molecule is Cc1nc(CN=C(N)N2CCSCC2)sc1C. The second kappa shape index (κ2) is 5.73. The van der Waals surface area contributed by atoms with Gasteiger partial charge in [0.15, 0.2) is 5.96 Å². The molecule has 0 aromatic carbocycles. The zero-order valence-corrected chi connectivity index (χ0v) is 11.9. The number of hydrogen-bond acceptors (Lipinski definition) is 4. The van der Waals surface area contributed by atoms with Crippen LogP contribution in [0.3, 0.4) is 0 Å². The van der Waals surface area contributed by atoms with E-state index in [9.17, 15) is 0 Å². The second-order valence-electron chi connectivity index (χ2n) is 4.02. The van der Waals surface area contributed by atoms with Gasteiger partial charge >= 0.3 is 0 Å². The van der Waals surface area contributed by atoms with Crippen LogP contribution in [-0.4, -0.2) is 40.4 Å². The lowest BCUT2D eigenvalue weighted by Gasteiger charge is -2.27. The van der Waals surface area contributed by atoms with Gasteiger partial charge in [0, 0.05) is 29.5 Å². The Bertz CT molecular complexity index is 388. The maximum absolute atomic E-state index is 5.98. The van der Waals surface area contributed by atoms with Crippen molar-refractivity contribution in [3.05, 3.63) is 15.6 Å². The van der Waals surface area contributed by atoms with Gasteiger partial charge in [-0.15, -0.1) is 11.3 Å². The number of rotatable bonds is 2. The number of aliphatic imine (C=N–C) groups is 1. The van der Waals surface area contributed by atoms with Crippen LogP contribution in [0, 0.1) is 13.8 Å². The Morgan fingerprint density at radius 3 is 2.71 bits per heavy atom. The lowest BCUT2D eigenvalue weighted by Crippen LogP contribution is -2.42. The lowest BCUT2D eigenvalue weighted by molar-refractivity contribution is 0.455. The summed E-state index contributed by atoms with van der Waals surface area (Å²) in [5, 5.41) is 1.05. The molecule has 0 atom stereocenters. The zero-order valence-electron chi connectivity index (χ0n) is 10.3. The molecule has 1 aliphatic rings. The third kappa shape index (κ3) is 3.35. The van der Waals surface area contributed by atoms with Gasteiger partial charge < -0.3 is 10.6 Å². The Labute approximate surface area is 110 Å². The van der Waals surface area contributed by atoms with E-state index in [0.29, 0.717) is 12.5 Å². The van der Waals surface area contributed by atoms with Crippen molar-refractivity contribution in [2.24, 2.45) is 10.7 Å². The van der Waals surface area contributed by atoms with Crippen molar-refractivity contribution in [3.8, 4) is 0 Å². The highest BCUT2D eigenvalue weighted by Gasteiger charge is 2.12. The van der Waals surface area contributed by atoms with Gasteiger partial charge in [-0.25, -0.2) is 9.98 Å². The molecule has 0 bridgehead atoms. The van der Waals surface area contributed by atoms with Crippen molar-refractivity contribution in [2.75, 3.05) is 24.6 Å². The van der Waals surface area contributed by atoms with E-state index >= 15 is 0 Å². The molecule has 1 fully saturated rings. The lowest BCUT2D eigenvalue weighted by atomic mass is 10.4. The van der Waals surface area contributed by atoms with E-state index in [0.717, 1.165) is 35.3 Å². The van der Waals surface area contributed by atoms with Crippen LogP contribution in [0.5, 0.6) is 0 Å². The molecule has 1 aromatic rings. The summed E-state index contributed by atoms with van der Waals surface area (Å²) in [5.41, 5.74) is 7.09. The Balaban J connectivity index is 1.94. The second-order valence-corrected chi connectivity index (χ2v) is 6.54. The third-order valence-corrected chi connectivity index (χ3v) is 4.78. The molecule has 1 aromatic heterocycles. The molecule has 0 saturated carbocycles. The van der Waals surface area contributed by atoms with E-state index in [4.69, 9.17) is 5.73 Å². The Morgan fingerprint density at radius 1 is 1.41 bits per heavy atom. The summed E-state index contributed by atoms with van der Waals surface area (Å²) in [5.74, 6) is 2.95. The summed E-state index contributed by atoms with van der Waals surface area (Å²) in [6.45, 7) is 6.75. The molecule has 4 nitrogen and oxygen atoms in total. The molecule has 0 amide bonds. The molecule has 0 aliphatic carbocycles. The summed E-state index contributed by atoms with van der Waals surface area (Å²) >= 11 is 3.68. The van der Waals surface area contributed by atoms with Crippen molar-refractivity contribution >= 4 is 29.1 Å². The number of thiazole rings is 1. The molecule has 2 rings (SSSR count). The Hall–Kier alpha value is -0.750. The molecule has 2 heterocycles. The van der Waals surface area contributed by atoms with Gasteiger partial charge in [0.05, 0.1) is 12.2 Å². The van der Waals surface area contributed by atoms with Crippen LogP contribution in [0.2, 0.25) is 0 Å². The molecule has 1 aliphatic heterocycles. The molecular weight excluding hydrogens is 252 g/mol. The number of nitrogens with two attached hydrogens (primary N) is 1. The molecule has 0 radical (unpaired) electrons. The van der Waals surface area contributed by atoms with E-state index < -0.39 is 0 Å². The predicted octanol–water partition coefficient (Wildman–Crippen LogP) is 1.62. The number of nitrogens with zero attached hydrogens (tertiary/aromatic N) is 3. The van der Waals surface area contributed by atoms with Gasteiger partial charge in [-0.05, 0) is 13.8 Å². The molecule has 2 N–H and O–H groups in total. The monoisotopic (exact) mass is 270 g/mol. The molecular formula is C11H18N4S2. The minimum absolute atomic E-state index is 0.606. The first-order chi connectivity index (χ1) is 8.16. The van der Waals surface area contributed by atoms with E-state index in [1.54, 1.807) is 11.3 Å².